The van der Waals surface area contributed by atoms with Crippen LogP contribution in [0.4, 0.5) is 13.2 Å². The third-order valence-electron chi connectivity index (χ3n) is 3.91. The van der Waals surface area contributed by atoms with Crippen molar-refractivity contribution in [2.24, 2.45) is 0 Å². The minimum Gasteiger partial charge on any atom is -0.391 e. The van der Waals surface area contributed by atoms with Gasteiger partial charge < -0.3 is 10.0 Å². The molecular weight excluding hydrogens is 311 g/mol. The third-order valence-corrected chi connectivity index (χ3v) is 3.91. The molecule has 1 amide bonds. The first-order chi connectivity index (χ1) is 10.9. The summed E-state index contributed by atoms with van der Waals surface area (Å²) in [5, 5.41) is 16.0. The smallest absolute Gasteiger partial charge is 0.391 e. The van der Waals surface area contributed by atoms with E-state index in [0.29, 0.717) is 0 Å². The lowest BCUT2D eigenvalue weighted by Gasteiger charge is -2.26. The van der Waals surface area contributed by atoms with Crippen molar-refractivity contribution >= 4 is 5.91 Å². The number of aromatic amines is 1. The van der Waals surface area contributed by atoms with Crippen molar-refractivity contribution in [2.75, 3.05) is 6.54 Å². The number of hydrogen-bond donors (Lipinski definition) is 2. The van der Waals surface area contributed by atoms with Crippen LogP contribution < -0.4 is 0 Å². The van der Waals surface area contributed by atoms with Crippen LogP contribution >= 0.6 is 0 Å². The van der Waals surface area contributed by atoms with Gasteiger partial charge in [-0.05, 0) is 18.1 Å². The number of halogens is 3. The minimum absolute atomic E-state index is 0.00612. The molecule has 2 heterocycles. The van der Waals surface area contributed by atoms with Crippen LogP contribution in [-0.2, 0) is 6.18 Å². The normalized spacial score (nSPS) is 21.7. The average molecular weight is 325 g/mol. The molecule has 2 aromatic rings. The van der Waals surface area contributed by atoms with Gasteiger partial charge >= 0.3 is 6.18 Å². The number of β-amino-alcohol motifs (C(OH)–C–C–N with tert-alkyl or cyclic N) is 1. The minimum atomic E-state index is -4.52. The summed E-state index contributed by atoms with van der Waals surface area (Å²) >= 11 is 0. The van der Waals surface area contributed by atoms with Crippen LogP contribution in [-0.4, -0.2) is 38.8 Å². The standard InChI is InChI=1S/C15H14F3N3O2/c16-15(17,18)12-4-2-1-3-11(12)13-5-10(22)8-21(13)14(23)9-6-19-20-7-9/h1-4,6-7,10,13,22H,5,8H2,(H,19,20)/t10-,13-/m0/s1. The second kappa shape index (κ2) is 5.69. The van der Waals surface area contributed by atoms with Gasteiger partial charge in [-0.2, -0.15) is 18.3 Å². The van der Waals surface area contributed by atoms with Crippen LogP contribution in [0.15, 0.2) is 36.7 Å². The predicted octanol–water partition coefficient (Wildman–Crippen LogP) is 2.38. The number of carbonyl (C=O) groups excluding carboxylic acids is 1. The van der Waals surface area contributed by atoms with Crippen molar-refractivity contribution in [3.05, 3.63) is 53.3 Å². The first-order valence-corrected chi connectivity index (χ1v) is 7.02. The van der Waals surface area contributed by atoms with Crippen LogP contribution in [0.3, 0.4) is 0 Å². The fourth-order valence-electron chi connectivity index (χ4n) is 2.91. The highest BCUT2D eigenvalue weighted by Crippen LogP contribution is 2.40. The maximum Gasteiger partial charge on any atom is 0.416 e. The average Bonchev–Trinajstić information content (AvgIpc) is 3.15. The largest absolute Gasteiger partial charge is 0.416 e. The molecule has 0 saturated carbocycles. The number of alkyl halides is 3. The van der Waals surface area contributed by atoms with E-state index in [1.54, 1.807) is 0 Å². The molecule has 1 aromatic carbocycles. The van der Waals surface area contributed by atoms with E-state index in [1.165, 1.54) is 35.5 Å². The molecule has 8 heteroatoms. The van der Waals surface area contributed by atoms with Crippen molar-refractivity contribution in [2.45, 2.75) is 24.7 Å². The molecule has 1 fully saturated rings. The number of nitrogens with zero attached hydrogens (tertiary/aromatic N) is 2. The van der Waals surface area contributed by atoms with Crippen molar-refractivity contribution < 1.29 is 23.1 Å². The van der Waals surface area contributed by atoms with Crippen LogP contribution in [0.25, 0.3) is 0 Å². The maximum atomic E-state index is 13.2. The molecular formula is C15H14F3N3O2. The molecule has 5 nitrogen and oxygen atoms in total. The summed E-state index contributed by atoms with van der Waals surface area (Å²) in [6.45, 7) is -0.0130. The molecule has 0 radical (unpaired) electrons. The van der Waals surface area contributed by atoms with E-state index in [-0.39, 0.29) is 24.1 Å². The molecule has 2 N–H and O–H groups in total. The highest BCUT2D eigenvalue weighted by atomic mass is 19.4. The van der Waals surface area contributed by atoms with Gasteiger partial charge in [-0.1, -0.05) is 18.2 Å². The van der Waals surface area contributed by atoms with Gasteiger partial charge in [0.05, 0.1) is 29.5 Å². The Kier molecular flexibility index (Phi) is 3.85. The number of benzene rings is 1. The van der Waals surface area contributed by atoms with Gasteiger partial charge in [-0.15, -0.1) is 0 Å². The number of hydrogen-bond acceptors (Lipinski definition) is 3. The lowest BCUT2D eigenvalue weighted by atomic mass is 9.97. The number of aliphatic hydroxyl groups is 1. The Bertz CT molecular complexity index is 700. The second-order valence-corrected chi connectivity index (χ2v) is 5.43. The number of rotatable bonds is 2. The number of H-pyrrole nitrogens is 1. The molecule has 0 bridgehead atoms. The molecule has 1 aromatic heterocycles. The van der Waals surface area contributed by atoms with Gasteiger partial charge in [-0.25, -0.2) is 0 Å². The highest BCUT2D eigenvalue weighted by molar-refractivity contribution is 5.94. The van der Waals surface area contributed by atoms with Crippen LogP contribution in [0, 0.1) is 0 Å². The van der Waals surface area contributed by atoms with E-state index in [1.807, 2.05) is 0 Å². The first kappa shape index (κ1) is 15.5. The van der Waals surface area contributed by atoms with E-state index < -0.39 is 29.8 Å². The number of aromatic nitrogens is 2. The molecule has 122 valence electrons. The summed E-state index contributed by atoms with van der Waals surface area (Å²) in [5.41, 5.74) is -0.550. The van der Waals surface area contributed by atoms with Gasteiger partial charge in [0.25, 0.3) is 5.91 Å². The number of amides is 1. The van der Waals surface area contributed by atoms with Gasteiger partial charge in [0.2, 0.25) is 0 Å². The zero-order valence-electron chi connectivity index (χ0n) is 11.9. The highest BCUT2D eigenvalue weighted by Gasteiger charge is 2.41. The Morgan fingerprint density at radius 2 is 2.09 bits per heavy atom. The Hall–Kier alpha value is -2.35. The number of nitrogens with one attached hydrogen (secondary N) is 1. The molecule has 1 aliphatic heterocycles. The summed E-state index contributed by atoms with van der Waals surface area (Å²) in [7, 11) is 0. The Morgan fingerprint density at radius 3 is 2.74 bits per heavy atom. The zero-order chi connectivity index (χ0) is 16.6. The lowest BCUT2D eigenvalue weighted by Crippen LogP contribution is -2.32. The van der Waals surface area contributed by atoms with E-state index >= 15 is 0 Å². The Balaban J connectivity index is 2.00. The number of likely N-dealkylation sites (tertiary alicyclic amines) is 1. The SMILES string of the molecule is O=C(c1cn[nH]c1)N1C[C@@H](O)C[C@H]1c1ccccc1C(F)(F)F. The Labute approximate surface area is 129 Å². The van der Waals surface area contributed by atoms with E-state index in [0.717, 1.165) is 6.07 Å². The molecule has 2 atom stereocenters. The number of carbonyl (C=O) groups is 1. The molecule has 1 aliphatic rings. The van der Waals surface area contributed by atoms with Crippen molar-refractivity contribution in [1.82, 2.24) is 15.1 Å². The van der Waals surface area contributed by atoms with Gasteiger partial charge in [0, 0.05) is 12.7 Å². The van der Waals surface area contributed by atoms with E-state index in [9.17, 15) is 23.1 Å². The van der Waals surface area contributed by atoms with Crippen LogP contribution in [0.1, 0.15) is 33.9 Å². The third kappa shape index (κ3) is 2.94. The summed E-state index contributed by atoms with van der Waals surface area (Å²) in [5.74, 6) is -0.461. The molecule has 1 saturated heterocycles. The van der Waals surface area contributed by atoms with E-state index in [2.05, 4.69) is 10.2 Å². The van der Waals surface area contributed by atoms with Gasteiger partial charge in [0.1, 0.15) is 0 Å². The quantitative estimate of drug-likeness (QED) is 0.891. The summed E-state index contributed by atoms with van der Waals surface area (Å²) in [4.78, 5) is 13.7. The zero-order valence-corrected chi connectivity index (χ0v) is 11.9. The second-order valence-electron chi connectivity index (χ2n) is 5.43. The molecule has 3 rings (SSSR count). The van der Waals surface area contributed by atoms with Gasteiger partial charge in [0.15, 0.2) is 0 Å². The molecule has 0 aliphatic carbocycles. The van der Waals surface area contributed by atoms with Crippen LogP contribution in [0.2, 0.25) is 0 Å². The Morgan fingerprint density at radius 1 is 1.35 bits per heavy atom. The topological polar surface area (TPSA) is 69.2 Å². The first-order valence-electron chi connectivity index (χ1n) is 7.02. The summed E-state index contributed by atoms with van der Waals surface area (Å²) in [6.07, 6.45) is -2.64. The molecule has 23 heavy (non-hydrogen) atoms. The van der Waals surface area contributed by atoms with Crippen molar-refractivity contribution in [3.8, 4) is 0 Å². The molecule has 0 unspecified atom stereocenters. The monoisotopic (exact) mass is 325 g/mol. The number of aliphatic hydroxyl groups excluding tert-OH is 1. The fourth-order valence-corrected chi connectivity index (χ4v) is 2.91. The lowest BCUT2D eigenvalue weighted by molar-refractivity contribution is -0.138. The maximum absolute atomic E-state index is 13.2. The fraction of sp³-hybridized carbons (Fsp3) is 0.333. The van der Waals surface area contributed by atoms with Crippen molar-refractivity contribution in [3.63, 3.8) is 0 Å². The van der Waals surface area contributed by atoms with E-state index in [4.69, 9.17) is 0 Å². The summed E-state index contributed by atoms with van der Waals surface area (Å²) in [6, 6.07) is 4.31. The van der Waals surface area contributed by atoms with Crippen LogP contribution in [0.5, 0.6) is 0 Å². The molecule has 0 spiro atoms. The predicted molar refractivity (Wildman–Crippen MR) is 74.4 cm³/mol. The van der Waals surface area contributed by atoms with Crippen molar-refractivity contribution in [1.29, 1.82) is 0 Å². The van der Waals surface area contributed by atoms with Gasteiger partial charge in [-0.3, -0.25) is 9.89 Å². The summed E-state index contributed by atoms with van der Waals surface area (Å²) < 4.78 is 39.7.